The first kappa shape index (κ1) is 27.8. The summed E-state index contributed by atoms with van der Waals surface area (Å²) in [6, 6.07) is 0. The Bertz CT molecular complexity index is 398. The van der Waals surface area contributed by atoms with Gasteiger partial charge in [-0.2, -0.15) is 0 Å². The lowest BCUT2D eigenvalue weighted by molar-refractivity contribution is -0.0239. The van der Waals surface area contributed by atoms with Crippen molar-refractivity contribution in [3.8, 4) is 0 Å². The third-order valence-electron chi connectivity index (χ3n) is 5.12. The van der Waals surface area contributed by atoms with Crippen LogP contribution in [0.4, 0.5) is 0 Å². The molecule has 0 saturated heterocycles. The summed E-state index contributed by atoms with van der Waals surface area (Å²) in [5.41, 5.74) is 0.173. The number of hydrogen-bond donors (Lipinski definition) is 0. The molecule has 0 N–H and O–H groups in total. The van der Waals surface area contributed by atoms with E-state index >= 15 is 0 Å². The Morgan fingerprint density at radius 1 is 0.750 bits per heavy atom. The second kappa shape index (κ2) is 12.5. The van der Waals surface area contributed by atoms with Crippen molar-refractivity contribution in [3.63, 3.8) is 0 Å². The van der Waals surface area contributed by atoms with E-state index in [1.165, 1.54) is 0 Å². The number of hydrogen-bond acceptors (Lipinski definition) is 5. The zero-order valence-corrected chi connectivity index (χ0v) is 20.9. The van der Waals surface area contributed by atoms with Gasteiger partial charge in [0, 0.05) is 30.7 Å². The highest BCUT2D eigenvalue weighted by molar-refractivity contribution is 4.84. The molecule has 0 bridgehead atoms. The van der Waals surface area contributed by atoms with Gasteiger partial charge in [0.25, 0.3) is 0 Å². The zero-order chi connectivity index (χ0) is 22.0. The summed E-state index contributed by atoms with van der Waals surface area (Å²) in [4.78, 5) is 4.94. The van der Waals surface area contributed by atoms with E-state index in [4.69, 9.17) is 14.2 Å². The molecular weight excluding hydrogens is 352 g/mol. The van der Waals surface area contributed by atoms with Crippen molar-refractivity contribution in [3.05, 3.63) is 0 Å². The molecule has 0 rings (SSSR count). The van der Waals surface area contributed by atoms with Crippen LogP contribution in [-0.4, -0.2) is 85.7 Å². The van der Waals surface area contributed by atoms with Crippen molar-refractivity contribution in [1.29, 1.82) is 0 Å². The molecule has 0 aromatic heterocycles. The van der Waals surface area contributed by atoms with E-state index in [0.717, 1.165) is 39.3 Å². The summed E-state index contributed by atoms with van der Waals surface area (Å²) in [6.45, 7) is 27.7. The van der Waals surface area contributed by atoms with E-state index in [9.17, 15) is 0 Å². The quantitative estimate of drug-likeness (QED) is 0.401. The van der Waals surface area contributed by atoms with Crippen LogP contribution in [-0.2, 0) is 14.2 Å². The van der Waals surface area contributed by atoms with Gasteiger partial charge < -0.3 is 14.2 Å². The molecule has 0 atom stereocenters. The van der Waals surface area contributed by atoms with E-state index in [1.807, 2.05) is 0 Å². The first-order valence-corrected chi connectivity index (χ1v) is 10.9. The van der Waals surface area contributed by atoms with E-state index in [2.05, 4.69) is 86.1 Å². The molecule has 0 unspecified atom stereocenters. The zero-order valence-electron chi connectivity index (χ0n) is 20.9. The van der Waals surface area contributed by atoms with Gasteiger partial charge in [0.2, 0.25) is 0 Å². The first-order valence-electron chi connectivity index (χ1n) is 10.9. The van der Waals surface area contributed by atoms with Gasteiger partial charge in [-0.1, -0.05) is 0 Å². The van der Waals surface area contributed by atoms with E-state index in [1.54, 1.807) is 0 Å². The van der Waals surface area contributed by atoms with Gasteiger partial charge >= 0.3 is 0 Å². The molecule has 0 aromatic rings. The molecule has 5 heteroatoms. The van der Waals surface area contributed by atoms with Crippen LogP contribution >= 0.6 is 0 Å². The van der Waals surface area contributed by atoms with Gasteiger partial charge in [-0.25, -0.2) is 0 Å². The molecule has 0 amide bonds. The maximum Gasteiger partial charge on any atom is 0.0703 e. The Balaban J connectivity index is 4.40. The number of rotatable bonds is 14. The van der Waals surface area contributed by atoms with Crippen molar-refractivity contribution >= 4 is 0 Å². The number of ether oxygens (including phenoxy) is 3. The molecule has 170 valence electrons. The summed E-state index contributed by atoms with van der Waals surface area (Å²) >= 11 is 0. The Morgan fingerprint density at radius 3 is 1.86 bits per heavy atom. The topological polar surface area (TPSA) is 34.2 Å². The highest BCUT2D eigenvalue weighted by Crippen LogP contribution is 2.21. The molecule has 0 aliphatic heterocycles. The molecule has 0 aliphatic carbocycles. The minimum atomic E-state index is -0.0752. The minimum absolute atomic E-state index is 0.0752. The van der Waals surface area contributed by atoms with Crippen LogP contribution in [0.5, 0.6) is 0 Å². The maximum atomic E-state index is 5.90. The molecule has 0 fully saturated rings. The van der Waals surface area contributed by atoms with Crippen molar-refractivity contribution < 1.29 is 14.2 Å². The molecule has 0 heterocycles. The minimum Gasteiger partial charge on any atom is -0.378 e. The summed E-state index contributed by atoms with van der Waals surface area (Å²) in [7, 11) is 2.20. The third kappa shape index (κ3) is 13.9. The molecule has 0 spiro atoms. The summed E-state index contributed by atoms with van der Waals surface area (Å²) in [5, 5.41) is 0. The first-order chi connectivity index (χ1) is 12.6. The Labute approximate surface area is 176 Å². The monoisotopic (exact) mass is 402 g/mol. The molecular formula is C23H50N2O3. The van der Waals surface area contributed by atoms with Crippen molar-refractivity contribution in [2.24, 2.45) is 0 Å². The molecule has 5 nitrogen and oxygen atoms in total. The smallest absolute Gasteiger partial charge is 0.0703 e. The highest BCUT2D eigenvalue weighted by Gasteiger charge is 2.27. The third-order valence-corrected chi connectivity index (χ3v) is 5.12. The standard InChI is InChI=1S/C23H50N2O3/c1-20(2)27-19-18-26-16-15-25(21(3,4)5)13-12-23(9,10)24(11)14-17-28-22(6,7)8/h20H,12-19H2,1-11H3. The summed E-state index contributed by atoms with van der Waals surface area (Å²) < 4.78 is 17.2. The van der Waals surface area contributed by atoms with Crippen LogP contribution in [0.15, 0.2) is 0 Å². The second-order valence-electron chi connectivity index (χ2n) is 10.6. The highest BCUT2D eigenvalue weighted by atomic mass is 16.5. The fraction of sp³-hybridized carbons (Fsp3) is 1.00. The summed E-state index contributed by atoms with van der Waals surface area (Å²) in [5.74, 6) is 0. The Kier molecular flexibility index (Phi) is 12.4. The predicted octanol–water partition coefficient (Wildman–Crippen LogP) is 4.44. The fourth-order valence-electron chi connectivity index (χ4n) is 2.79. The van der Waals surface area contributed by atoms with Gasteiger partial charge in [-0.3, -0.25) is 9.80 Å². The second-order valence-corrected chi connectivity index (χ2v) is 10.6. The molecule has 0 radical (unpaired) electrons. The lowest BCUT2D eigenvalue weighted by atomic mass is 9.96. The average molecular weight is 403 g/mol. The molecule has 28 heavy (non-hydrogen) atoms. The normalized spacial score (nSPS) is 13.9. The van der Waals surface area contributed by atoms with Crippen LogP contribution in [0.2, 0.25) is 0 Å². The van der Waals surface area contributed by atoms with Gasteiger partial charge in [0.1, 0.15) is 0 Å². The fourth-order valence-corrected chi connectivity index (χ4v) is 2.79. The van der Waals surface area contributed by atoms with Crippen LogP contribution in [0.1, 0.15) is 75.7 Å². The van der Waals surface area contributed by atoms with Crippen LogP contribution in [0, 0.1) is 0 Å². The van der Waals surface area contributed by atoms with E-state index < -0.39 is 0 Å². The number of nitrogens with zero attached hydrogens (tertiary/aromatic N) is 2. The van der Waals surface area contributed by atoms with Gasteiger partial charge in [-0.15, -0.1) is 0 Å². The van der Waals surface area contributed by atoms with Crippen molar-refractivity contribution in [2.75, 3.05) is 53.1 Å². The maximum absolute atomic E-state index is 5.90. The van der Waals surface area contributed by atoms with E-state index in [-0.39, 0.29) is 22.8 Å². The molecule has 0 saturated carbocycles. The van der Waals surface area contributed by atoms with Gasteiger partial charge in [0.05, 0.1) is 38.1 Å². The van der Waals surface area contributed by atoms with Crippen LogP contribution in [0.25, 0.3) is 0 Å². The van der Waals surface area contributed by atoms with Crippen molar-refractivity contribution in [1.82, 2.24) is 9.80 Å². The van der Waals surface area contributed by atoms with Crippen LogP contribution < -0.4 is 0 Å². The lowest BCUT2D eigenvalue weighted by Crippen LogP contribution is -2.49. The van der Waals surface area contributed by atoms with Gasteiger partial charge in [-0.05, 0) is 82.7 Å². The number of likely N-dealkylation sites (N-methyl/N-ethyl adjacent to an activating group) is 1. The van der Waals surface area contributed by atoms with E-state index in [0.29, 0.717) is 13.2 Å². The summed E-state index contributed by atoms with van der Waals surface area (Å²) in [6.07, 6.45) is 1.37. The lowest BCUT2D eigenvalue weighted by Gasteiger charge is -2.41. The van der Waals surface area contributed by atoms with Crippen LogP contribution in [0.3, 0.4) is 0 Å². The SMILES string of the molecule is CC(C)OCCOCCN(CCC(C)(C)N(C)CCOC(C)(C)C)C(C)(C)C. The largest absolute Gasteiger partial charge is 0.378 e. The average Bonchev–Trinajstić information content (AvgIpc) is 2.50. The van der Waals surface area contributed by atoms with Gasteiger partial charge in [0.15, 0.2) is 0 Å². The molecule has 0 aliphatic rings. The predicted molar refractivity (Wildman–Crippen MR) is 120 cm³/mol. The Morgan fingerprint density at radius 2 is 1.36 bits per heavy atom. The van der Waals surface area contributed by atoms with Crippen molar-refractivity contribution in [2.45, 2.75) is 98.4 Å². The molecule has 0 aromatic carbocycles. The Hall–Kier alpha value is -0.200.